The molecule has 0 saturated heterocycles. The standard InChI is InChI=1S/C7H5NO.Na/c1-2-4-7-6(3-1)8-5-9-7;/h1-5H;/q;+1. The Morgan fingerprint density at radius 2 is 2.00 bits per heavy atom. The number of fused-ring (bicyclic) bond motifs is 1. The number of benzene rings is 1. The van der Waals surface area contributed by atoms with Gasteiger partial charge in [-0.2, -0.15) is 0 Å². The summed E-state index contributed by atoms with van der Waals surface area (Å²) in [6, 6.07) is 7.67. The normalized spacial score (nSPS) is 9.20. The van der Waals surface area contributed by atoms with E-state index in [2.05, 4.69) is 4.98 Å². The summed E-state index contributed by atoms with van der Waals surface area (Å²) in [7, 11) is 0. The monoisotopic (exact) mass is 142 g/mol. The van der Waals surface area contributed by atoms with Crippen LogP contribution < -0.4 is 29.6 Å². The molecule has 0 N–H and O–H groups in total. The van der Waals surface area contributed by atoms with Gasteiger partial charge in [0.15, 0.2) is 12.0 Å². The fraction of sp³-hybridized carbons (Fsp3) is 0. The summed E-state index contributed by atoms with van der Waals surface area (Å²) in [6.07, 6.45) is 1.45. The Kier molecular flexibility index (Phi) is 2.49. The van der Waals surface area contributed by atoms with Crippen molar-refractivity contribution in [1.29, 1.82) is 0 Å². The minimum Gasteiger partial charge on any atom is -0.443 e. The number of nitrogens with zero attached hydrogens (tertiary/aromatic N) is 1. The maximum atomic E-state index is 5.01. The second-order valence-corrected chi connectivity index (χ2v) is 1.82. The molecule has 0 bridgehead atoms. The molecule has 0 fully saturated rings. The molecule has 0 spiro atoms. The van der Waals surface area contributed by atoms with Gasteiger partial charge in [-0.15, -0.1) is 0 Å². The summed E-state index contributed by atoms with van der Waals surface area (Å²) in [6.45, 7) is 0. The van der Waals surface area contributed by atoms with Crippen LogP contribution in [0, 0.1) is 0 Å². The molecule has 44 valence electrons. The van der Waals surface area contributed by atoms with Crippen molar-refractivity contribution in [3.8, 4) is 0 Å². The number of rotatable bonds is 0. The summed E-state index contributed by atoms with van der Waals surface area (Å²) in [5, 5.41) is 0. The first-order chi connectivity index (χ1) is 4.47. The molecule has 0 radical (unpaired) electrons. The van der Waals surface area contributed by atoms with Gasteiger partial charge in [0.2, 0.25) is 0 Å². The van der Waals surface area contributed by atoms with Crippen LogP contribution in [0.2, 0.25) is 0 Å². The summed E-state index contributed by atoms with van der Waals surface area (Å²) in [4.78, 5) is 3.95. The second-order valence-electron chi connectivity index (χ2n) is 1.82. The van der Waals surface area contributed by atoms with Crippen molar-refractivity contribution < 1.29 is 34.0 Å². The van der Waals surface area contributed by atoms with Crippen molar-refractivity contribution in [3.63, 3.8) is 0 Å². The first kappa shape index (κ1) is 7.79. The van der Waals surface area contributed by atoms with Gasteiger partial charge < -0.3 is 4.42 Å². The van der Waals surface area contributed by atoms with Crippen molar-refractivity contribution >= 4 is 11.1 Å². The molecular formula is C7H5NNaO+. The molecule has 0 unspecified atom stereocenters. The smallest absolute Gasteiger partial charge is 0.443 e. The number of aromatic nitrogens is 1. The number of hydrogen-bond acceptors (Lipinski definition) is 2. The van der Waals surface area contributed by atoms with Crippen LogP contribution in [-0.2, 0) is 0 Å². The van der Waals surface area contributed by atoms with Gasteiger partial charge in [-0.3, -0.25) is 0 Å². The summed E-state index contributed by atoms with van der Waals surface area (Å²) < 4.78 is 5.01. The zero-order valence-corrected chi connectivity index (χ0v) is 7.74. The molecule has 1 aromatic heterocycles. The van der Waals surface area contributed by atoms with E-state index in [1.807, 2.05) is 24.3 Å². The van der Waals surface area contributed by atoms with Gasteiger partial charge >= 0.3 is 29.6 Å². The molecular weight excluding hydrogens is 137 g/mol. The predicted octanol–water partition coefficient (Wildman–Crippen LogP) is -1.17. The van der Waals surface area contributed by atoms with Crippen LogP contribution in [0.25, 0.3) is 11.1 Å². The van der Waals surface area contributed by atoms with Gasteiger partial charge in [-0.05, 0) is 12.1 Å². The van der Waals surface area contributed by atoms with Crippen LogP contribution >= 0.6 is 0 Å². The zero-order chi connectivity index (χ0) is 6.10. The van der Waals surface area contributed by atoms with E-state index in [0.29, 0.717) is 0 Å². The average Bonchev–Trinajstić information content (AvgIpc) is 2.33. The first-order valence-corrected chi connectivity index (χ1v) is 2.75. The predicted molar refractivity (Wildman–Crippen MR) is 34.0 cm³/mol. The van der Waals surface area contributed by atoms with E-state index >= 15 is 0 Å². The van der Waals surface area contributed by atoms with Gasteiger partial charge in [0.05, 0.1) is 0 Å². The Morgan fingerprint density at radius 3 is 2.80 bits per heavy atom. The first-order valence-electron chi connectivity index (χ1n) is 2.75. The largest absolute Gasteiger partial charge is 1.00 e. The van der Waals surface area contributed by atoms with Gasteiger partial charge in [0.25, 0.3) is 0 Å². The molecule has 0 atom stereocenters. The Morgan fingerprint density at radius 1 is 1.20 bits per heavy atom. The van der Waals surface area contributed by atoms with Crippen LogP contribution in [0.1, 0.15) is 0 Å². The molecule has 2 aromatic rings. The number of para-hydroxylation sites is 2. The van der Waals surface area contributed by atoms with Crippen LogP contribution in [-0.4, -0.2) is 4.98 Å². The van der Waals surface area contributed by atoms with Gasteiger partial charge in [0.1, 0.15) is 5.52 Å². The van der Waals surface area contributed by atoms with E-state index in [0.717, 1.165) is 11.1 Å². The molecule has 3 heteroatoms. The van der Waals surface area contributed by atoms with Gasteiger partial charge in [-0.25, -0.2) is 4.98 Å². The topological polar surface area (TPSA) is 26.0 Å². The second kappa shape index (κ2) is 3.19. The molecule has 2 nitrogen and oxygen atoms in total. The average molecular weight is 142 g/mol. The van der Waals surface area contributed by atoms with Gasteiger partial charge in [0, 0.05) is 0 Å². The number of oxazole rings is 1. The van der Waals surface area contributed by atoms with E-state index < -0.39 is 0 Å². The van der Waals surface area contributed by atoms with E-state index in [1.165, 1.54) is 6.39 Å². The number of hydrogen-bond donors (Lipinski definition) is 0. The summed E-state index contributed by atoms with van der Waals surface area (Å²) >= 11 is 0. The van der Waals surface area contributed by atoms with Crippen molar-refractivity contribution in [2.75, 3.05) is 0 Å². The minimum atomic E-state index is 0. The van der Waals surface area contributed by atoms with Crippen LogP contribution in [0.3, 0.4) is 0 Å². The molecule has 2 rings (SSSR count). The molecule has 0 saturated carbocycles. The summed E-state index contributed by atoms with van der Waals surface area (Å²) in [5.41, 5.74) is 1.76. The van der Waals surface area contributed by atoms with E-state index in [9.17, 15) is 0 Å². The Balaban J connectivity index is 0.000000500. The molecule has 1 heterocycles. The van der Waals surface area contributed by atoms with E-state index in [-0.39, 0.29) is 29.6 Å². The Labute approximate surface area is 80.5 Å². The fourth-order valence-corrected chi connectivity index (χ4v) is 0.803. The molecule has 0 aliphatic carbocycles. The Hall–Kier alpha value is -0.310. The molecule has 0 aliphatic heterocycles. The third kappa shape index (κ3) is 1.24. The zero-order valence-electron chi connectivity index (χ0n) is 5.74. The maximum absolute atomic E-state index is 5.01. The van der Waals surface area contributed by atoms with Crippen LogP contribution in [0.4, 0.5) is 0 Å². The van der Waals surface area contributed by atoms with Crippen molar-refractivity contribution in [2.24, 2.45) is 0 Å². The minimum absolute atomic E-state index is 0. The maximum Gasteiger partial charge on any atom is 1.00 e. The summed E-state index contributed by atoms with van der Waals surface area (Å²) in [5.74, 6) is 0. The third-order valence-corrected chi connectivity index (χ3v) is 1.24. The van der Waals surface area contributed by atoms with E-state index in [1.54, 1.807) is 0 Å². The molecule has 0 aliphatic rings. The molecule has 1 aromatic carbocycles. The van der Waals surface area contributed by atoms with Crippen LogP contribution in [0.15, 0.2) is 35.1 Å². The van der Waals surface area contributed by atoms with Crippen LogP contribution in [0.5, 0.6) is 0 Å². The molecule has 10 heavy (non-hydrogen) atoms. The van der Waals surface area contributed by atoms with Crippen molar-refractivity contribution in [3.05, 3.63) is 30.7 Å². The van der Waals surface area contributed by atoms with Crippen molar-refractivity contribution in [2.45, 2.75) is 0 Å². The van der Waals surface area contributed by atoms with Gasteiger partial charge in [-0.1, -0.05) is 12.1 Å². The Bertz CT molecular complexity index is 288. The van der Waals surface area contributed by atoms with E-state index in [4.69, 9.17) is 4.42 Å². The molecule has 0 amide bonds. The quantitative estimate of drug-likeness (QED) is 0.433. The third-order valence-electron chi connectivity index (χ3n) is 1.24. The van der Waals surface area contributed by atoms with Crippen molar-refractivity contribution in [1.82, 2.24) is 4.98 Å². The fourth-order valence-electron chi connectivity index (χ4n) is 0.803. The SMILES string of the molecule is [Na+].c1ccc2ocnc2c1.